The number of rotatable bonds is 9. The van der Waals surface area contributed by atoms with Crippen LogP contribution < -0.4 is 9.46 Å². The van der Waals surface area contributed by atoms with Gasteiger partial charge >= 0.3 is 10.2 Å². The van der Waals surface area contributed by atoms with E-state index in [0.29, 0.717) is 18.0 Å². The van der Waals surface area contributed by atoms with Gasteiger partial charge in [0.1, 0.15) is 5.75 Å². The van der Waals surface area contributed by atoms with E-state index in [9.17, 15) is 13.2 Å². The molecule has 1 aliphatic heterocycles. The van der Waals surface area contributed by atoms with Gasteiger partial charge < -0.3 is 15.7 Å². The average molecular weight is 556 g/mol. The Hall–Kier alpha value is -1.97. The molecule has 4 rings (SSSR count). The predicted octanol–water partition coefficient (Wildman–Crippen LogP) is 5.29. The summed E-state index contributed by atoms with van der Waals surface area (Å²) in [4.78, 5) is 12.9. The third-order valence-corrected chi connectivity index (χ3v) is 8.40. The van der Waals surface area contributed by atoms with Crippen LogP contribution in [0.2, 0.25) is 0 Å². The fraction of sp³-hybridized carbons (Fsp3) is 0.429. The summed E-state index contributed by atoms with van der Waals surface area (Å²) in [5.41, 5.74) is 6.20. The maximum atomic E-state index is 12.9. The van der Waals surface area contributed by atoms with Gasteiger partial charge in [0.15, 0.2) is 0 Å². The van der Waals surface area contributed by atoms with Gasteiger partial charge in [-0.15, -0.1) is 6.54 Å². The second-order valence-electron chi connectivity index (χ2n) is 9.61. The molecule has 0 bridgehead atoms. The number of hydrogen-bond donors (Lipinski definition) is 1. The molecule has 1 amide bonds. The van der Waals surface area contributed by atoms with Crippen molar-refractivity contribution in [3.05, 3.63) is 59.5 Å². The maximum Gasteiger partial charge on any atom is 0.303 e. The standard InChI is InChI=1S/C28H36N3O4S.Sc/c1-6-9-19(10-7-2)26-24-14-12-21(28(32)29-36(33,34)30(3)4)18-25(24)31-16-8-11-20-17-22(35-5)13-15-23(20)27(26)31;/h8,12-15,17-19H,6-7,9-11,16H2,1-5H3,(H,29,32);/q-1;. The normalized spacial score (nSPS) is 13.2. The molecule has 2 heterocycles. The van der Waals surface area contributed by atoms with Gasteiger partial charge in [0.25, 0.3) is 5.91 Å². The van der Waals surface area contributed by atoms with E-state index in [2.05, 4.69) is 41.7 Å². The van der Waals surface area contributed by atoms with Gasteiger partial charge in [-0.1, -0.05) is 38.3 Å². The summed E-state index contributed by atoms with van der Waals surface area (Å²) in [7, 11) is 0.586. The van der Waals surface area contributed by atoms with Crippen molar-refractivity contribution in [1.82, 2.24) is 13.6 Å². The Balaban J connectivity index is 0.00000380. The monoisotopic (exact) mass is 555 g/mol. The SMILES string of the molecule is CCCC(CCC)c1c2n(c3cc(C(=O)NS(=O)(=O)N(C)C)ccc13)C[CH-]Cc1cc(OC)ccc1-2.[Sc]. The zero-order valence-corrected chi connectivity index (χ0v) is 25.0. The van der Waals surface area contributed by atoms with Crippen LogP contribution in [0.25, 0.3) is 22.2 Å². The molecule has 1 N–H and O–H groups in total. The fourth-order valence-electron chi connectivity index (χ4n) is 5.25. The molecule has 9 heteroatoms. The zero-order chi connectivity index (χ0) is 26.0. The van der Waals surface area contributed by atoms with Crippen LogP contribution in [-0.4, -0.2) is 44.4 Å². The van der Waals surface area contributed by atoms with Crippen LogP contribution in [0, 0.1) is 6.42 Å². The molecule has 197 valence electrons. The predicted molar refractivity (Wildman–Crippen MR) is 145 cm³/mol. The van der Waals surface area contributed by atoms with E-state index < -0.39 is 16.1 Å². The first-order chi connectivity index (χ1) is 17.2. The minimum atomic E-state index is -3.88. The summed E-state index contributed by atoms with van der Waals surface area (Å²) in [6.07, 6.45) is 7.40. The van der Waals surface area contributed by atoms with Gasteiger partial charge in [-0.25, -0.2) is 4.72 Å². The number of hydrogen-bond acceptors (Lipinski definition) is 4. The number of benzene rings is 2. The minimum absolute atomic E-state index is 0. The van der Waals surface area contributed by atoms with Gasteiger partial charge in [0, 0.05) is 56.4 Å². The number of carbonyl (C=O) groups excluding carboxylic acids is 1. The number of fused-ring (bicyclic) bond motifs is 5. The van der Waals surface area contributed by atoms with Gasteiger partial charge in [0.05, 0.1) is 12.8 Å². The van der Waals surface area contributed by atoms with E-state index in [1.165, 1.54) is 36.5 Å². The molecule has 1 radical (unpaired) electrons. The van der Waals surface area contributed by atoms with Crippen LogP contribution >= 0.6 is 0 Å². The van der Waals surface area contributed by atoms with Crippen LogP contribution in [0.5, 0.6) is 5.75 Å². The fourth-order valence-corrected chi connectivity index (χ4v) is 5.79. The molecule has 0 fully saturated rings. The Morgan fingerprint density at radius 3 is 2.46 bits per heavy atom. The molecule has 37 heavy (non-hydrogen) atoms. The topological polar surface area (TPSA) is 80.6 Å². The van der Waals surface area contributed by atoms with Crippen molar-refractivity contribution in [3.8, 4) is 17.0 Å². The number of aromatic nitrogens is 1. The number of amides is 1. The molecule has 0 unspecified atom stereocenters. The quantitative estimate of drug-likeness (QED) is 0.364. The minimum Gasteiger partial charge on any atom is -0.497 e. The Morgan fingerprint density at radius 2 is 1.84 bits per heavy atom. The van der Waals surface area contributed by atoms with Gasteiger partial charge in [-0.05, 0) is 60.2 Å². The van der Waals surface area contributed by atoms with E-state index in [1.807, 2.05) is 18.2 Å². The van der Waals surface area contributed by atoms with Crippen molar-refractivity contribution in [2.75, 3.05) is 21.2 Å². The molecular weight excluding hydrogens is 519 g/mol. The first-order valence-electron chi connectivity index (χ1n) is 12.6. The third kappa shape index (κ3) is 5.88. The molecule has 0 spiro atoms. The molecule has 0 saturated heterocycles. The van der Waals surface area contributed by atoms with Crippen LogP contribution in [-0.2, 0) is 49.0 Å². The second kappa shape index (κ2) is 12.3. The average Bonchev–Trinajstić information content (AvgIpc) is 3.04. The molecule has 0 saturated carbocycles. The summed E-state index contributed by atoms with van der Waals surface area (Å²) in [6.45, 7) is 5.15. The summed E-state index contributed by atoms with van der Waals surface area (Å²) in [6, 6.07) is 11.8. The number of carbonyl (C=O) groups is 1. The smallest absolute Gasteiger partial charge is 0.303 e. The Kier molecular flexibility index (Phi) is 9.80. The van der Waals surface area contributed by atoms with E-state index in [1.54, 1.807) is 13.2 Å². The van der Waals surface area contributed by atoms with E-state index in [0.717, 1.165) is 53.1 Å². The number of nitrogens with one attached hydrogen (secondary N) is 1. The molecule has 2 aromatic carbocycles. The molecular formula is C28H36N3O4SSc-. The van der Waals surface area contributed by atoms with Gasteiger partial charge in [0.2, 0.25) is 0 Å². The van der Waals surface area contributed by atoms with Crippen LogP contribution in [0.15, 0.2) is 36.4 Å². The first kappa shape index (κ1) is 29.6. The third-order valence-electron chi connectivity index (χ3n) is 6.99. The van der Waals surface area contributed by atoms with E-state index >= 15 is 0 Å². The van der Waals surface area contributed by atoms with Crippen molar-refractivity contribution < 1.29 is 43.8 Å². The second-order valence-corrected chi connectivity index (χ2v) is 11.5. The van der Waals surface area contributed by atoms with Crippen molar-refractivity contribution >= 4 is 27.0 Å². The molecule has 7 nitrogen and oxygen atoms in total. The van der Waals surface area contributed by atoms with Crippen LogP contribution in [0.1, 0.15) is 66.9 Å². The summed E-state index contributed by atoms with van der Waals surface area (Å²) >= 11 is 0. The van der Waals surface area contributed by atoms with Crippen LogP contribution in [0.3, 0.4) is 0 Å². The molecule has 3 aromatic rings. The van der Waals surface area contributed by atoms with E-state index in [4.69, 9.17) is 4.74 Å². The summed E-state index contributed by atoms with van der Waals surface area (Å²) in [5.74, 6) is 0.595. The maximum absolute atomic E-state index is 12.9. The van der Waals surface area contributed by atoms with Crippen molar-refractivity contribution in [1.29, 1.82) is 0 Å². The number of methoxy groups -OCH3 is 1. The first-order valence-corrected chi connectivity index (χ1v) is 14.0. The van der Waals surface area contributed by atoms with Crippen molar-refractivity contribution in [3.63, 3.8) is 0 Å². The van der Waals surface area contributed by atoms with Crippen molar-refractivity contribution in [2.24, 2.45) is 0 Å². The van der Waals surface area contributed by atoms with E-state index in [-0.39, 0.29) is 25.8 Å². The number of ether oxygens (including phenoxy) is 1. The molecule has 0 atom stereocenters. The Labute approximate surface area is 239 Å². The molecule has 0 aliphatic carbocycles. The van der Waals surface area contributed by atoms with Gasteiger partial charge in [-0.3, -0.25) is 4.79 Å². The van der Waals surface area contributed by atoms with Crippen LogP contribution in [0.4, 0.5) is 0 Å². The zero-order valence-electron chi connectivity index (χ0n) is 22.4. The Bertz CT molecular complexity index is 1380. The Morgan fingerprint density at radius 1 is 1.14 bits per heavy atom. The molecule has 1 aliphatic rings. The summed E-state index contributed by atoms with van der Waals surface area (Å²) in [5, 5.41) is 1.13. The van der Waals surface area contributed by atoms with Crippen molar-refractivity contribution in [2.45, 2.75) is 58.4 Å². The number of nitrogens with zero attached hydrogens (tertiary/aromatic N) is 2. The molecule has 1 aromatic heterocycles. The van der Waals surface area contributed by atoms with Gasteiger partial charge in [-0.2, -0.15) is 19.1 Å². The summed E-state index contributed by atoms with van der Waals surface area (Å²) < 4.78 is 35.5. The largest absolute Gasteiger partial charge is 0.497 e.